The summed E-state index contributed by atoms with van der Waals surface area (Å²) in [6, 6.07) is 17.5. The fourth-order valence-corrected chi connectivity index (χ4v) is 4.45. The Morgan fingerprint density at radius 3 is 2.47 bits per heavy atom. The van der Waals surface area contributed by atoms with E-state index >= 15 is 0 Å². The van der Waals surface area contributed by atoms with Crippen molar-refractivity contribution in [3.8, 4) is 16.9 Å². The fraction of sp³-hybridized carbons (Fsp3) is 0.208. The molecule has 0 bridgehead atoms. The first-order chi connectivity index (χ1) is 14.6. The van der Waals surface area contributed by atoms with Gasteiger partial charge in [0.1, 0.15) is 17.1 Å². The molecule has 3 aromatic carbocycles. The van der Waals surface area contributed by atoms with Crippen LogP contribution in [0.3, 0.4) is 0 Å². The number of benzene rings is 3. The van der Waals surface area contributed by atoms with Crippen molar-refractivity contribution in [2.24, 2.45) is 5.92 Å². The van der Waals surface area contributed by atoms with Gasteiger partial charge >= 0.3 is 0 Å². The Hall–Kier alpha value is -2.20. The minimum atomic E-state index is 0.497. The maximum atomic E-state index is 6.71. The highest BCUT2D eigenvalue weighted by Gasteiger charge is 2.22. The van der Waals surface area contributed by atoms with Crippen molar-refractivity contribution in [2.45, 2.75) is 19.3 Å². The zero-order chi connectivity index (χ0) is 20.7. The van der Waals surface area contributed by atoms with E-state index < -0.39 is 0 Å². The monoisotopic (exact) mass is 456 g/mol. The Kier molecular flexibility index (Phi) is 5.36. The second-order valence-electron chi connectivity index (χ2n) is 7.68. The lowest BCUT2D eigenvalue weighted by molar-refractivity contribution is 0.299. The number of ether oxygens (including phenoxy) is 1. The second-order valence-corrected chi connectivity index (χ2v) is 8.87. The number of H-pyrrole nitrogens is 1. The highest BCUT2D eigenvalue weighted by atomic mass is 35.5. The molecular weight excluding hydrogens is 439 g/mol. The average molecular weight is 458 g/mol. The third-order valence-electron chi connectivity index (χ3n) is 5.34. The minimum Gasteiger partial charge on any atom is -0.493 e. The normalized spacial score (nSPS) is 13.7. The molecule has 0 amide bonds. The minimum absolute atomic E-state index is 0.497. The molecule has 1 saturated carbocycles. The Balaban J connectivity index is 1.42. The molecular formula is C24H19Cl3N2O. The Morgan fingerprint density at radius 1 is 0.967 bits per heavy atom. The van der Waals surface area contributed by atoms with Gasteiger partial charge in [0.05, 0.1) is 22.2 Å². The summed E-state index contributed by atoms with van der Waals surface area (Å²) in [5.74, 6) is 2.48. The van der Waals surface area contributed by atoms with Gasteiger partial charge in [0, 0.05) is 22.6 Å². The van der Waals surface area contributed by atoms with E-state index in [1.165, 1.54) is 12.8 Å². The number of nitrogens with zero attached hydrogens (tertiary/aromatic N) is 1. The van der Waals surface area contributed by atoms with Gasteiger partial charge in [0.2, 0.25) is 0 Å². The number of fused-ring (bicyclic) bond motifs is 1. The highest BCUT2D eigenvalue weighted by Crippen LogP contribution is 2.42. The van der Waals surface area contributed by atoms with Gasteiger partial charge in [-0.3, -0.25) is 0 Å². The van der Waals surface area contributed by atoms with Crippen LogP contribution >= 0.6 is 34.8 Å². The van der Waals surface area contributed by atoms with E-state index in [-0.39, 0.29) is 0 Å². The van der Waals surface area contributed by atoms with E-state index in [0.29, 0.717) is 32.6 Å². The Labute approximate surface area is 189 Å². The quantitative estimate of drug-likeness (QED) is 0.324. The molecule has 1 aliphatic rings. The van der Waals surface area contributed by atoms with Crippen molar-refractivity contribution in [3.05, 3.63) is 81.1 Å². The molecule has 1 N–H and O–H groups in total. The van der Waals surface area contributed by atoms with Crippen LogP contribution in [-0.2, 0) is 6.42 Å². The van der Waals surface area contributed by atoms with Gasteiger partial charge in [0.15, 0.2) is 0 Å². The number of hydrogen-bond donors (Lipinski definition) is 1. The SMILES string of the molecule is Clc1ccccc1-c1c(Cl)cc2[nH]c(Cc3ccc(OCC4CC4)cc3)nc2c1Cl. The van der Waals surface area contributed by atoms with Gasteiger partial charge in [-0.2, -0.15) is 0 Å². The summed E-state index contributed by atoms with van der Waals surface area (Å²) in [7, 11) is 0. The highest BCUT2D eigenvalue weighted by molar-refractivity contribution is 6.44. The third kappa shape index (κ3) is 4.02. The molecule has 0 radical (unpaired) electrons. The molecule has 0 spiro atoms. The maximum Gasteiger partial charge on any atom is 0.119 e. The molecule has 6 heteroatoms. The van der Waals surface area contributed by atoms with Gasteiger partial charge in [-0.15, -0.1) is 0 Å². The van der Waals surface area contributed by atoms with Crippen molar-refractivity contribution in [2.75, 3.05) is 6.61 Å². The van der Waals surface area contributed by atoms with E-state index in [0.717, 1.165) is 40.7 Å². The van der Waals surface area contributed by atoms with Crippen LogP contribution in [0, 0.1) is 5.92 Å². The second kappa shape index (κ2) is 8.14. The molecule has 3 nitrogen and oxygen atoms in total. The average Bonchev–Trinajstić information content (AvgIpc) is 3.48. The zero-order valence-electron chi connectivity index (χ0n) is 16.1. The topological polar surface area (TPSA) is 37.9 Å². The van der Waals surface area contributed by atoms with Crippen molar-refractivity contribution >= 4 is 45.8 Å². The Bertz CT molecular complexity index is 1210. The molecule has 152 valence electrons. The molecule has 0 unspecified atom stereocenters. The van der Waals surface area contributed by atoms with Crippen LogP contribution in [0.25, 0.3) is 22.2 Å². The van der Waals surface area contributed by atoms with E-state index in [4.69, 9.17) is 44.5 Å². The van der Waals surface area contributed by atoms with Crippen molar-refractivity contribution < 1.29 is 4.74 Å². The van der Waals surface area contributed by atoms with Crippen LogP contribution in [0.1, 0.15) is 24.2 Å². The summed E-state index contributed by atoms with van der Waals surface area (Å²) in [6.45, 7) is 0.815. The van der Waals surface area contributed by atoms with E-state index in [2.05, 4.69) is 17.1 Å². The summed E-state index contributed by atoms with van der Waals surface area (Å²) < 4.78 is 5.81. The number of hydrogen-bond acceptors (Lipinski definition) is 2. The Morgan fingerprint density at radius 2 is 1.73 bits per heavy atom. The zero-order valence-corrected chi connectivity index (χ0v) is 18.4. The molecule has 5 rings (SSSR count). The third-order valence-corrected chi connectivity index (χ3v) is 6.33. The number of aromatic nitrogens is 2. The molecule has 0 atom stereocenters. The largest absolute Gasteiger partial charge is 0.493 e. The van der Waals surface area contributed by atoms with Crippen LogP contribution in [0.2, 0.25) is 15.1 Å². The van der Waals surface area contributed by atoms with Crippen LogP contribution in [0.4, 0.5) is 0 Å². The smallest absolute Gasteiger partial charge is 0.119 e. The van der Waals surface area contributed by atoms with Crippen LogP contribution in [0.15, 0.2) is 54.6 Å². The summed E-state index contributed by atoms with van der Waals surface area (Å²) >= 11 is 19.6. The van der Waals surface area contributed by atoms with E-state index in [1.54, 1.807) is 0 Å². The van der Waals surface area contributed by atoms with E-state index in [1.807, 2.05) is 42.5 Å². The number of rotatable bonds is 6. The summed E-state index contributed by atoms with van der Waals surface area (Å²) in [4.78, 5) is 8.07. The first-order valence-electron chi connectivity index (χ1n) is 9.91. The number of aromatic amines is 1. The predicted molar refractivity (Wildman–Crippen MR) is 124 cm³/mol. The van der Waals surface area contributed by atoms with E-state index in [9.17, 15) is 0 Å². The first kappa shape index (κ1) is 19.7. The molecule has 4 aromatic rings. The lowest BCUT2D eigenvalue weighted by Gasteiger charge is -2.09. The van der Waals surface area contributed by atoms with Crippen LogP contribution < -0.4 is 4.74 Å². The molecule has 0 aliphatic heterocycles. The van der Waals surface area contributed by atoms with Crippen molar-refractivity contribution in [1.29, 1.82) is 0 Å². The van der Waals surface area contributed by atoms with Gasteiger partial charge in [-0.25, -0.2) is 4.98 Å². The summed E-state index contributed by atoms with van der Waals surface area (Å²) in [6.07, 6.45) is 3.23. The standard InChI is InChI=1S/C24H19Cl3N2O/c25-18-4-2-1-3-17(18)22-19(26)12-20-24(23(22)27)29-21(28-20)11-14-7-9-16(10-8-14)30-13-15-5-6-15/h1-4,7-10,12,15H,5-6,11,13H2,(H,28,29). The lowest BCUT2D eigenvalue weighted by atomic mass is 10.0. The molecule has 1 aromatic heterocycles. The van der Waals surface area contributed by atoms with Crippen molar-refractivity contribution in [1.82, 2.24) is 9.97 Å². The van der Waals surface area contributed by atoms with Crippen LogP contribution in [-0.4, -0.2) is 16.6 Å². The number of imidazole rings is 1. The summed E-state index contributed by atoms with van der Waals surface area (Å²) in [5.41, 5.74) is 4.13. The fourth-order valence-electron chi connectivity index (χ4n) is 3.52. The van der Waals surface area contributed by atoms with Gasteiger partial charge in [-0.1, -0.05) is 65.1 Å². The maximum absolute atomic E-state index is 6.71. The number of halogens is 3. The lowest BCUT2D eigenvalue weighted by Crippen LogP contribution is -1.99. The molecule has 1 fully saturated rings. The molecule has 0 saturated heterocycles. The molecule has 1 heterocycles. The van der Waals surface area contributed by atoms with Crippen LogP contribution in [0.5, 0.6) is 5.75 Å². The predicted octanol–water partition coefficient (Wildman–Crippen LogP) is 7.57. The van der Waals surface area contributed by atoms with Crippen molar-refractivity contribution in [3.63, 3.8) is 0 Å². The summed E-state index contributed by atoms with van der Waals surface area (Å²) in [5, 5.41) is 1.63. The van der Waals surface area contributed by atoms with Gasteiger partial charge < -0.3 is 9.72 Å². The van der Waals surface area contributed by atoms with Gasteiger partial charge in [0.25, 0.3) is 0 Å². The number of nitrogens with one attached hydrogen (secondary N) is 1. The van der Waals surface area contributed by atoms with Gasteiger partial charge in [-0.05, 0) is 48.6 Å². The molecule has 1 aliphatic carbocycles. The molecule has 30 heavy (non-hydrogen) atoms. The first-order valence-corrected chi connectivity index (χ1v) is 11.0.